The molecule has 2 aliphatic heterocycles. The van der Waals surface area contributed by atoms with Gasteiger partial charge in [0.2, 0.25) is 0 Å². The number of alkyl halides is 3. The van der Waals surface area contributed by atoms with E-state index >= 15 is 0 Å². The second kappa shape index (κ2) is 10.2. The number of carbonyl (C=O) groups excluding carboxylic acids is 3. The smallest absolute Gasteiger partial charge is 0.340 e. The Morgan fingerprint density at radius 1 is 1.07 bits per heavy atom. The topological polar surface area (TPSA) is 111 Å². The summed E-state index contributed by atoms with van der Waals surface area (Å²) in [7, 11) is 0. The number of aromatic nitrogens is 2. The number of piperidine rings is 1. The third-order valence-electron chi connectivity index (χ3n) is 9.25. The number of nitriles is 1. The van der Waals surface area contributed by atoms with Crippen molar-refractivity contribution < 1.29 is 27.6 Å². The number of halogens is 3. The van der Waals surface area contributed by atoms with Crippen LogP contribution in [0.2, 0.25) is 0 Å². The SMILES string of the molecule is CCN1C(=O)[C@@H](NC(=O)c2cccc(C(F)(F)F)c2)[C@@H](C2CC2)c2c(C(=O)N3[C@@H](C#N)C[C@@H]4C[C@@H]43)nn(-c3ccccc3)c21. The lowest BCUT2D eigenvalue weighted by atomic mass is 9.82. The lowest BCUT2D eigenvalue weighted by Gasteiger charge is -2.38. The molecule has 1 N–H and O–H groups in total. The summed E-state index contributed by atoms with van der Waals surface area (Å²) in [6.45, 7) is 1.97. The molecule has 3 amide bonds. The van der Waals surface area contributed by atoms with E-state index in [-0.39, 0.29) is 41.6 Å². The first-order valence-corrected chi connectivity index (χ1v) is 14.8. The monoisotopic (exact) mass is 602 g/mol. The minimum Gasteiger partial charge on any atom is -0.340 e. The van der Waals surface area contributed by atoms with Crippen molar-refractivity contribution >= 4 is 23.5 Å². The Morgan fingerprint density at radius 3 is 2.48 bits per heavy atom. The van der Waals surface area contributed by atoms with Crippen molar-refractivity contribution in [1.82, 2.24) is 20.0 Å². The van der Waals surface area contributed by atoms with Gasteiger partial charge in [0.1, 0.15) is 17.9 Å². The fraction of sp³-hybridized carbons (Fsp3) is 0.406. The highest BCUT2D eigenvalue weighted by Crippen LogP contribution is 2.53. The number of nitrogens with one attached hydrogen (secondary N) is 1. The summed E-state index contributed by atoms with van der Waals surface area (Å²) in [5.74, 6) is -1.59. The predicted molar refractivity (Wildman–Crippen MR) is 152 cm³/mol. The Bertz CT molecular complexity index is 1710. The van der Waals surface area contributed by atoms with Gasteiger partial charge in [0, 0.05) is 29.6 Å². The van der Waals surface area contributed by atoms with Crippen LogP contribution in [0.15, 0.2) is 54.6 Å². The van der Waals surface area contributed by atoms with Gasteiger partial charge in [0.15, 0.2) is 5.69 Å². The van der Waals surface area contributed by atoms with Crippen LogP contribution in [0.4, 0.5) is 19.0 Å². The molecule has 2 aromatic carbocycles. The van der Waals surface area contributed by atoms with Gasteiger partial charge in [-0.25, -0.2) is 4.68 Å². The maximum Gasteiger partial charge on any atom is 0.416 e. The third-order valence-corrected chi connectivity index (χ3v) is 9.25. The average Bonchev–Trinajstić information content (AvgIpc) is 3.94. The van der Waals surface area contributed by atoms with Gasteiger partial charge in [0.25, 0.3) is 17.7 Å². The zero-order valence-corrected chi connectivity index (χ0v) is 23.8. The summed E-state index contributed by atoms with van der Waals surface area (Å²) < 4.78 is 41.8. The molecule has 1 aromatic heterocycles. The Hall–Kier alpha value is -4.66. The van der Waals surface area contributed by atoms with Crippen LogP contribution in [0, 0.1) is 23.2 Å². The van der Waals surface area contributed by atoms with Gasteiger partial charge in [0.05, 0.1) is 17.3 Å². The zero-order valence-electron chi connectivity index (χ0n) is 23.8. The number of hydrogen-bond acceptors (Lipinski definition) is 5. The number of carbonyl (C=O) groups is 3. The number of nitrogens with zero attached hydrogens (tertiary/aromatic N) is 5. The van der Waals surface area contributed by atoms with Gasteiger partial charge in [-0.2, -0.15) is 23.5 Å². The summed E-state index contributed by atoms with van der Waals surface area (Å²) in [6.07, 6.45) is -1.71. The first-order chi connectivity index (χ1) is 21.1. The zero-order chi connectivity index (χ0) is 30.9. The van der Waals surface area contributed by atoms with Crippen molar-refractivity contribution in [2.45, 2.75) is 62.8 Å². The Balaban J connectivity index is 1.35. The van der Waals surface area contributed by atoms with Crippen molar-refractivity contribution in [3.05, 3.63) is 77.0 Å². The van der Waals surface area contributed by atoms with Gasteiger partial charge in [-0.05, 0) is 74.8 Å². The number of rotatable bonds is 6. The summed E-state index contributed by atoms with van der Waals surface area (Å²) in [4.78, 5) is 45.0. The molecule has 2 saturated carbocycles. The van der Waals surface area contributed by atoms with E-state index < -0.39 is 41.6 Å². The molecular formula is C32H29F3N6O3. The Kier molecular flexibility index (Phi) is 6.53. The number of amides is 3. The van der Waals surface area contributed by atoms with Crippen LogP contribution in [0.1, 0.15) is 70.5 Å². The molecule has 0 unspecified atom stereocenters. The van der Waals surface area contributed by atoms with Crippen LogP contribution in [-0.2, 0) is 11.0 Å². The number of hydrogen-bond donors (Lipinski definition) is 1. The maximum absolute atomic E-state index is 14.3. The Labute approximate surface area is 251 Å². The van der Waals surface area contributed by atoms with E-state index in [0.29, 0.717) is 23.5 Å². The quantitative estimate of drug-likeness (QED) is 0.441. The number of likely N-dealkylation sites (N-methyl/N-ethyl adjacent to an activating group) is 1. The molecule has 12 heteroatoms. The van der Waals surface area contributed by atoms with Crippen LogP contribution in [0.3, 0.4) is 0 Å². The minimum absolute atomic E-state index is 0.0343. The van der Waals surface area contributed by atoms with Gasteiger partial charge in [-0.1, -0.05) is 24.3 Å². The van der Waals surface area contributed by atoms with Crippen molar-refractivity contribution in [3.63, 3.8) is 0 Å². The molecule has 44 heavy (non-hydrogen) atoms. The molecule has 2 aliphatic carbocycles. The van der Waals surface area contributed by atoms with Gasteiger partial charge < -0.3 is 10.2 Å². The van der Waals surface area contributed by atoms with Crippen LogP contribution in [-0.4, -0.2) is 57.1 Å². The lowest BCUT2D eigenvalue weighted by Crippen LogP contribution is -2.56. The molecule has 7 rings (SSSR count). The number of fused-ring (bicyclic) bond motifs is 2. The normalized spacial score (nSPS) is 25.7. The summed E-state index contributed by atoms with van der Waals surface area (Å²) in [5.41, 5.74) is 0.110. The van der Waals surface area contributed by atoms with Crippen molar-refractivity contribution in [1.29, 1.82) is 5.26 Å². The molecule has 0 bridgehead atoms. The van der Waals surface area contributed by atoms with E-state index in [1.54, 1.807) is 16.5 Å². The number of para-hydroxylation sites is 1. The molecule has 9 nitrogen and oxygen atoms in total. The molecule has 0 spiro atoms. The van der Waals surface area contributed by atoms with Gasteiger partial charge in [-0.15, -0.1) is 0 Å². The minimum atomic E-state index is -4.64. The van der Waals surface area contributed by atoms with E-state index in [2.05, 4.69) is 11.4 Å². The molecule has 0 radical (unpaired) electrons. The number of benzene rings is 2. The van der Waals surface area contributed by atoms with Crippen LogP contribution >= 0.6 is 0 Å². The Morgan fingerprint density at radius 2 is 1.82 bits per heavy atom. The number of anilines is 1. The van der Waals surface area contributed by atoms with Gasteiger partial charge in [-0.3, -0.25) is 19.3 Å². The summed E-state index contributed by atoms with van der Waals surface area (Å²) in [6, 6.07) is 13.7. The fourth-order valence-electron chi connectivity index (χ4n) is 6.96. The highest BCUT2D eigenvalue weighted by molar-refractivity contribution is 6.07. The van der Waals surface area contributed by atoms with Crippen molar-refractivity contribution in [2.24, 2.45) is 11.8 Å². The molecule has 226 valence electrons. The van der Waals surface area contributed by atoms with Crippen LogP contribution in [0.25, 0.3) is 5.69 Å². The molecule has 4 aliphatic rings. The van der Waals surface area contributed by atoms with E-state index in [4.69, 9.17) is 5.10 Å². The highest BCUT2D eigenvalue weighted by atomic mass is 19.4. The van der Waals surface area contributed by atoms with E-state index in [1.807, 2.05) is 30.3 Å². The van der Waals surface area contributed by atoms with E-state index in [1.165, 1.54) is 11.0 Å². The largest absolute Gasteiger partial charge is 0.416 e. The second-order valence-corrected chi connectivity index (χ2v) is 12.0. The predicted octanol–water partition coefficient (Wildman–Crippen LogP) is 4.68. The molecule has 3 heterocycles. The molecular weight excluding hydrogens is 573 g/mol. The fourth-order valence-corrected chi connectivity index (χ4v) is 6.96. The van der Waals surface area contributed by atoms with Crippen LogP contribution in [0.5, 0.6) is 0 Å². The standard InChI is InChI=1S/C32H29F3N6O3/c1-2-39-29-25(24(17-11-12-17)26(30(39)43)37-28(42)18-7-6-8-20(13-18)32(33,34)35)27(38-41(29)21-9-4-3-5-10-21)31(44)40-22(16-36)14-19-15-23(19)40/h3-10,13,17,19,22-24,26H,2,11-12,14-15H2,1H3,(H,37,42)/t19-,22-,23+,24+,26+/m1/s1. The van der Waals surface area contributed by atoms with Gasteiger partial charge >= 0.3 is 6.18 Å². The van der Waals surface area contributed by atoms with E-state index in [0.717, 1.165) is 37.5 Å². The third kappa shape index (κ3) is 4.53. The first-order valence-electron chi connectivity index (χ1n) is 14.8. The second-order valence-electron chi connectivity index (χ2n) is 12.0. The maximum atomic E-state index is 14.3. The number of likely N-dealkylation sites (tertiary alicyclic amines) is 1. The van der Waals surface area contributed by atoms with Crippen LogP contribution < -0.4 is 10.2 Å². The highest BCUT2D eigenvalue weighted by Gasteiger charge is 2.57. The molecule has 3 aromatic rings. The summed E-state index contributed by atoms with van der Waals surface area (Å²) in [5, 5.41) is 17.4. The van der Waals surface area contributed by atoms with Crippen molar-refractivity contribution in [3.8, 4) is 11.8 Å². The average molecular weight is 603 g/mol. The lowest BCUT2D eigenvalue weighted by molar-refractivity contribution is -0.137. The molecule has 1 saturated heterocycles. The molecule has 3 fully saturated rings. The molecule has 5 atom stereocenters. The van der Waals surface area contributed by atoms with Crippen molar-refractivity contribution in [2.75, 3.05) is 11.4 Å². The summed E-state index contributed by atoms with van der Waals surface area (Å²) >= 11 is 0. The van der Waals surface area contributed by atoms with E-state index in [9.17, 15) is 32.8 Å². The first kappa shape index (κ1) is 28.1.